The van der Waals surface area contributed by atoms with Crippen LogP contribution in [0.3, 0.4) is 0 Å². The van der Waals surface area contributed by atoms with E-state index in [1.165, 1.54) is 6.07 Å². The highest BCUT2D eigenvalue weighted by Crippen LogP contribution is 2.27. The third-order valence-corrected chi connectivity index (χ3v) is 3.46. The monoisotopic (exact) mass is 333 g/mol. The average molecular weight is 334 g/mol. The fourth-order valence-electron chi connectivity index (χ4n) is 1.82. The van der Waals surface area contributed by atoms with Gasteiger partial charge in [-0.3, -0.25) is 0 Å². The zero-order valence-electron chi connectivity index (χ0n) is 11.5. The molecule has 0 saturated heterocycles. The maximum absolute atomic E-state index is 13.4. The van der Waals surface area contributed by atoms with Gasteiger partial charge in [0.05, 0.1) is 18.2 Å². The SMILES string of the molecule is COCCNCCCCc1cc(Br)c(F)cc1OC. The van der Waals surface area contributed by atoms with Crippen molar-refractivity contribution < 1.29 is 13.9 Å². The van der Waals surface area contributed by atoms with E-state index in [4.69, 9.17) is 9.47 Å². The fraction of sp³-hybridized carbons (Fsp3) is 0.571. The standard InChI is InChI=1S/C14H21BrFNO2/c1-18-8-7-17-6-4-3-5-11-9-12(15)13(16)10-14(11)19-2/h9-10,17H,3-8H2,1-2H3. The van der Waals surface area contributed by atoms with Crippen molar-refractivity contribution in [3.8, 4) is 5.75 Å². The Balaban J connectivity index is 2.34. The molecule has 1 N–H and O–H groups in total. The molecule has 0 aliphatic heterocycles. The Morgan fingerprint density at radius 3 is 2.68 bits per heavy atom. The van der Waals surface area contributed by atoms with Crippen LogP contribution in [-0.2, 0) is 11.2 Å². The smallest absolute Gasteiger partial charge is 0.141 e. The Morgan fingerprint density at radius 1 is 1.21 bits per heavy atom. The van der Waals surface area contributed by atoms with Crippen molar-refractivity contribution in [2.24, 2.45) is 0 Å². The van der Waals surface area contributed by atoms with Gasteiger partial charge in [0, 0.05) is 19.7 Å². The third-order valence-electron chi connectivity index (χ3n) is 2.86. The first kappa shape index (κ1) is 16.4. The summed E-state index contributed by atoms with van der Waals surface area (Å²) in [5.74, 6) is 0.329. The molecule has 0 heterocycles. The van der Waals surface area contributed by atoms with Crippen molar-refractivity contribution in [1.29, 1.82) is 0 Å². The molecule has 0 unspecified atom stereocenters. The van der Waals surface area contributed by atoms with Gasteiger partial charge in [-0.25, -0.2) is 4.39 Å². The third kappa shape index (κ3) is 5.89. The fourth-order valence-corrected chi connectivity index (χ4v) is 2.21. The van der Waals surface area contributed by atoms with Gasteiger partial charge in [0.1, 0.15) is 11.6 Å². The zero-order chi connectivity index (χ0) is 14.1. The molecule has 0 spiro atoms. The number of hydrogen-bond acceptors (Lipinski definition) is 3. The minimum absolute atomic E-state index is 0.290. The summed E-state index contributed by atoms with van der Waals surface area (Å²) in [6.07, 6.45) is 2.99. The first-order chi connectivity index (χ1) is 9.19. The molecular formula is C14H21BrFNO2. The molecule has 0 saturated carbocycles. The van der Waals surface area contributed by atoms with E-state index in [-0.39, 0.29) is 5.82 Å². The molecule has 0 radical (unpaired) electrons. The van der Waals surface area contributed by atoms with Crippen LogP contribution in [-0.4, -0.2) is 33.9 Å². The number of rotatable bonds is 9. The Morgan fingerprint density at radius 2 is 2.00 bits per heavy atom. The van der Waals surface area contributed by atoms with Crippen LogP contribution >= 0.6 is 15.9 Å². The van der Waals surface area contributed by atoms with Gasteiger partial charge in [0.25, 0.3) is 0 Å². The first-order valence-electron chi connectivity index (χ1n) is 6.40. The molecule has 0 fully saturated rings. The number of benzene rings is 1. The summed E-state index contributed by atoms with van der Waals surface area (Å²) >= 11 is 3.20. The van der Waals surface area contributed by atoms with E-state index >= 15 is 0 Å². The predicted octanol–water partition coefficient (Wildman–Crippen LogP) is 3.16. The van der Waals surface area contributed by atoms with Crippen LogP contribution in [0.4, 0.5) is 4.39 Å². The lowest BCUT2D eigenvalue weighted by Gasteiger charge is -2.10. The summed E-state index contributed by atoms with van der Waals surface area (Å²) in [5, 5.41) is 3.30. The van der Waals surface area contributed by atoms with Gasteiger partial charge in [-0.05, 0) is 53.4 Å². The van der Waals surface area contributed by atoms with Gasteiger partial charge >= 0.3 is 0 Å². The lowest BCUT2D eigenvalue weighted by atomic mass is 10.1. The number of hydrogen-bond donors (Lipinski definition) is 1. The predicted molar refractivity (Wildman–Crippen MR) is 78.3 cm³/mol. The Kier molecular flexibility index (Phi) is 8.02. The lowest BCUT2D eigenvalue weighted by molar-refractivity contribution is 0.199. The largest absolute Gasteiger partial charge is 0.496 e. The maximum atomic E-state index is 13.4. The molecule has 108 valence electrons. The van der Waals surface area contributed by atoms with Crippen LogP contribution < -0.4 is 10.1 Å². The minimum atomic E-state index is -0.290. The highest BCUT2D eigenvalue weighted by Gasteiger charge is 2.08. The number of methoxy groups -OCH3 is 2. The molecular weight excluding hydrogens is 313 g/mol. The summed E-state index contributed by atoms with van der Waals surface area (Å²) in [5.41, 5.74) is 1.03. The van der Waals surface area contributed by atoms with Crippen LogP contribution in [0.25, 0.3) is 0 Å². The summed E-state index contributed by atoms with van der Waals surface area (Å²) in [4.78, 5) is 0. The molecule has 0 amide bonds. The van der Waals surface area contributed by atoms with E-state index < -0.39 is 0 Å². The van der Waals surface area contributed by atoms with Crippen LogP contribution in [0.1, 0.15) is 18.4 Å². The Bertz CT molecular complexity index is 388. The minimum Gasteiger partial charge on any atom is -0.496 e. The van der Waals surface area contributed by atoms with Gasteiger partial charge in [-0.2, -0.15) is 0 Å². The highest BCUT2D eigenvalue weighted by atomic mass is 79.9. The van der Waals surface area contributed by atoms with Gasteiger partial charge in [-0.1, -0.05) is 0 Å². The van der Waals surface area contributed by atoms with E-state index in [0.29, 0.717) is 10.2 Å². The van der Waals surface area contributed by atoms with Gasteiger partial charge in [-0.15, -0.1) is 0 Å². The number of nitrogens with one attached hydrogen (secondary N) is 1. The van der Waals surface area contributed by atoms with Gasteiger partial charge < -0.3 is 14.8 Å². The zero-order valence-corrected chi connectivity index (χ0v) is 13.1. The highest BCUT2D eigenvalue weighted by molar-refractivity contribution is 9.10. The Hall–Kier alpha value is -0.650. The molecule has 0 atom stereocenters. The summed E-state index contributed by atoms with van der Waals surface area (Å²) < 4.78 is 24.0. The lowest BCUT2D eigenvalue weighted by Crippen LogP contribution is -2.20. The van der Waals surface area contributed by atoms with Crippen molar-refractivity contribution in [3.63, 3.8) is 0 Å². The molecule has 1 aromatic rings. The van der Waals surface area contributed by atoms with E-state index in [1.54, 1.807) is 20.3 Å². The molecule has 19 heavy (non-hydrogen) atoms. The summed E-state index contributed by atoms with van der Waals surface area (Å²) in [6.45, 7) is 2.58. The first-order valence-corrected chi connectivity index (χ1v) is 7.20. The summed E-state index contributed by atoms with van der Waals surface area (Å²) in [7, 11) is 3.26. The average Bonchev–Trinajstić information content (AvgIpc) is 2.41. The van der Waals surface area contributed by atoms with Crippen molar-refractivity contribution in [1.82, 2.24) is 5.32 Å². The van der Waals surface area contributed by atoms with Crippen LogP contribution in [0, 0.1) is 5.82 Å². The molecule has 5 heteroatoms. The maximum Gasteiger partial charge on any atom is 0.141 e. The van der Waals surface area contributed by atoms with Crippen LogP contribution in [0.5, 0.6) is 5.75 Å². The quantitative estimate of drug-likeness (QED) is 0.704. The molecule has 0 aromatic heterocycles. The second kappa shape index (κ2) is 9.28. The molecule has 0 aliphatic rings. The number of ether oxygens (including phenoxy) is 2. The number of unbranched alkanes of at least 4 members (excludes halogenated alkanes) is 1. The molecule has 3 nitrogen and oxygen atoms in total. The van der Waals surface area contributed by atoms with Gasteiger partial charge in [0.15, 0.2) is 0 Å². The second-order valence-corrected chi connectivity index (χ2v) is 5.13. The van der Waals surface area contributed by atoms with Gasteiger partial charge in [0.2, 0.25) is 0 Å². The van der Waals surface area contributed by atoms with Crippen molar-refractivity contribution in [2.75, 3.05) is 33.9 Å². The van der Waals surface area contributed by atoms with Crippen molar-refractivity contribution in [2.45, 2.75) is 19.3 Å². The molecule has 0 bridgehead atoms. The van der Waals surface area contributed by atoms with Crippen molar-refractivity contribution in [3.05, 3.63) is 28.0 Å². The second-order valence-electron chi connectivity index (χ2n) is 4.28. The van der Waals surface area contributed by atoms with Crippen molar-refractivity contribution >= 4 is 15.9 Å². The number of aryl methyl sites for hydroxylation is 1. The number of halogens is 2. The Labute approximate surface area is 122 Å². The normalized spacial score (nSPS) is 10.7. The van der Waals surface area contributed by atoms with Crippen LogP contribution in [0.15, 0.2) is 16.6 Å². The van der Waals surface area contributed by atoms with E-state index in [2.05, 4.69) is 21.2 Å². The van der Waals surface area contributed by atoms with E-state index in [0.717, 1.165) is 44.5 Å². The van der Waals surface area contributed by atoms with Crippen LogP contribution in [0.2, 0.25) is 0 Å². The summed E-state index contributed by atoms with van der Waals surface area (Å²) in [6, 6.07) is 3.22. The topological polar surface area (TPSA) is 30.5 Å². The molecule has 1 rings (SSSR count). The molecule has 1 aromatic carbocycles. The molecule has 0 aliphatic carbocycles. The van der Waals surface area contributed by atoms with E-state index in [1.807, 2.05) is 0 Å². The van der Waals surface area contributed by atoms with E-state index in [9.17, 15) is 4.39 Å².